The molecule has 2 N–H and O–H groups in total. The van der Waals surface area contributed by atoms with E-state index in [1.54, 1.807) is 7.11 Å². The molecular formula is C22H32N4O4. The predicted molar refractivity (Wildman–Crippen MR) is 112 cm³/mol. The maximum atomic E-state index is 12.8. The quantitative estimate of drug-likeness (QED) is 0.682. The van der Waals surface area contributed by atoms with Crippen LogP contribution in [0.1, 0.15) is 25.3 Å². The van der Waals surface area contributed by atoms with Crippen molar-refractivity contribution in [2.24, 2.45) is 0 Å². The smallest absolute Gasteiger partial charge is 0.224 e. The molecule has 3 aliphatic heterocycles. The topological polar surface area (TPSA) is 85.3 Å². The van der Waals surface area contributed by atoms with E-state index in [0.29, 0.717) is 39.0 Å². The Morgan fingerprint density at radius 3 is 2.73 bits per heavy atom. The Hall–Kier alpha value is -2.16. The number of likely N-dealkylation sites (tertiary alicyclic amines) is 1. The van der Waals surface area contributed by atoms with Crippen LogP contribution in [0.3, 0.4) is 0 Å². The van der Waals surface area contributed by atoms with Gasteiger partial charge in [0.15, 0.2) is 0 Å². The fourth-order valence-corrected chi connectivity index (χ4v) is 5.36. The molecule has 3 saturated heterocycles. The minimum atomic E-state index is -0.329. The summed E-state index contributed by atoms with van der Waals surface area (Å²) in [5.74, 6) is 0.854. The lowest BCUT2D eigenvalue weighted by Gasteiger charge is -2.61. The Balaban J connectivity index is 1.42. The summed E-state index contributed by atoms with van der Waals surface area (Å²) in [6.45, 7) is 6.39. The average molecular weight is 417 g/mol. The minimum absolute atomic E-state index is 0.0762. The molecule has 1 spiro atoms. The first-order valence-corrected chi connectivity index (χ1v) is 10.7. The van der Waals surface area contributed by atoms with Gasteiger partial charge in [-0.2, -0.15) is 0 Å². The third-order valence-electron chi connectivity index (χ3n) is 6.61. The zero-order chi connectivity index (χ0) is 21.3. The zero-order valence-electron chi connectivity index (χ0n) is 17.8. The highest BCUT2D eigenvalue weighted by Crippen LogP contribution is 2.40. The van der Waals surface area contributed by atoms with Crippen LogP contribution < -0.4 is 10.1 Å². The molecule has 0 aliphatic carbocycles. The number of carbonyl (C=O) groups is 2. The van der Waals surface area contributed by atoms with Crippen molar-refractivity contribution >= 4 is 11.8 Å². The number of para-hydroxylation sites is 1. The van der Waals surface area contributed by atoms with Gasteiger partial charge in [-0.3, -0.25) is 19.4 Å². The molecule has 8 nitrogen and oxygen atoms in total. The lowest BCUT2D eigenvalue weighted by atomic mass is 9.83. The van der Waals surface area contributed by atoms with Crippen molar-refractivity contribution in [2.75, 3.05) is 46.4 Å². The van der Waals surface area contributed by atoms with E-state index in [9.17, 15) is 14.7 Å². The highest BCUT2D eigenvalue weighted by Gasteiger charge is 2.56. The highest BCUT2D eigenvalue weighted by molar-refractivity contribution is 5.78. The third-order valence-corrected chi connectivity index (χ3v) is 6.61. The van der Waals surface area contributed by atoms with Crippen LogP contribution in [0.2, 0.25) is 0 Å². The number of nitrogens with zero attached hydrogens (tertiary/aromatic N) is 3. The number of ether oxygens (including phenoxy) is 1. The average Bonchev–Trinajstić information content (AvgIpc) is 3.07. The number of piperazine rings is 1. The van der Waals surface area contributed by atoms with E-state index in [4.69, 9.17) is 4.74 Å². The first-order valence-electron chi connectivity index (χ1n) is 10.7. The number of aliphatic hydroxyl groups excluding tert-OH is 1. The molecule has 3 aliphatic rings. The van der Waals surface area contributed by atoms with E-state index in [1.165, 1.54) is 6.92 Å². The lowest BCUT2D eigenvalue weighted by Crippen LogP contribution is -2.78. The number of carbonyl (C=O) groups excluding carboxylic acids is 2. The number of hydrogen-bond acceptors (Lipinski definition) is 6. The summed E-state index contributed by atoms with van der Waals surface area (Å²) in [4.78, 5) is 30.7. The fourth-order valence-electron chi connectivity index (χ4n) is 5.36. The van der Waals surface area contributed by atoms with Gasteiger partial charge in [-0.15, -0.1) is 0 Å². The molecule has 0 bridgehead atoms. The summed E-state index contributed by atoms with van der Waals surface area (Å²) in [7, 11) is 1.69. The second kappa shape index (κ2) is 8.53. The van der Waals surface area contributed by atoms with Crippen molar-refractivity contribution in [3.8, 4) is 5.75 Å². The predicted octanol–water partition coefficient (Wildman–Crippen LogP) is 0.0532. The molecule has 30 heavy (non-hydrogen) atoms. The third kappa shape index (κ3) is 4.17. The van der Waals surface area contributed by atoms with Gasteiger partial charge in [-0.1, -0.05) is 18.2 Å². The Kier molecular flexibility index (Phi) is 5.99. The van der Waals surface area contributed by atoms with Crippen molar-refractivity contribution < 1.29 is 19.4 Å². The van der Waals surface area contributed by atoms with Crippen molar-refractivity contribution in [1.29, 1.82) is 0 Å². The van der Waals surface area contributed by atoms with E-state index in [0.717, 1.165) is 30.9 Å². The Bertz CT molecular complexity index is 795. The molecule has 2 atom stereocenters. The Labute approximate surface area is 177 Å². The largest absolute Gasteiger partial charge is 0.496 e. The van der Waals surface area contributed by atoms with Gasteiger partial charge in [-0.25, -0.2) is 0 Å². The Morgan fingerprint density at radius 1 is 1.23 bits per heavy atom. The van der Waals surface area contributed by atoms with Crippen LogP contribution >= 0.6 is 0 Å². The van der Waals surface area contributed by atoms with Crippen LogP contribution in [0.5, 0.6) is 5.75 Å². The van der Waals surface area contributed by atoms with Gasteiger partial charge in [0, 0.05) is 70.8 Å². The second-order valence-corrected chi connectivity index (χ2v) is 8.88. The molecule has 0 saturated carbocycles. The number of nitrogens with one attached hydrogen (secondary N) is 1. The Morgan fingerprint density at radius 2 is 2.00 bits per heavy atom. The molecule has 1 aromatic carbocycles. The molecule has 164 valence electrons. The van der Waals surface area contributed by atoms with Gasteiger partial charge >= 0.3 is 0 Å². The lowest BCUT2D eigenvalue weighted by molar-refractivity contribution is -0.151. The summed E-state index contributed by atoms with van der Waals surface area (Å²) in [5.41, 5.74) is 1.05. The molecule has 0 radical (unpaired) electrons. The molecule has 1 aromatic rings. The second-order valence-electron chi connectivity index (χ2n) is 8.88. The van der Waals surface area contributed by atoms with E-state index in [2.05, 4.69) is 21.2 Å². The number of fused-ring (bicyclic) bond motifs is 2. The van der Waals surface area contributed by atoms with E-state index in [1.807, 2.05) is 23.1 Å². The number of rotatable bonds is 6. The number of methoxy groups -OCH3 is 1. The van der Waals surface area contributed by atoms with Gasteiger partial charge < -0.3 is 20.1 Å². The van der Waals surface area contributed by atoms with Gasteiger partial charge in [0.2, 0.25) is 11.8 Å². The van der Waals surface area contributed by atoms with Crippen molar-refractivity contribution in [2.45, 2.75) is 44.0 Å². The maximum absolute atomic E-state index is 12.8. The molecular weight excluding hydrogens is 384 g/mol. The standard InChI is InChI=1S/C22H32N4O4/c1-16(27)23-8-7-21(29)25-11-18-9-19(28)12-26(18)22(15-25)13-24(14-22)10-17-5-3-4-6-20(17)30-2/h3-6,18-19,28H,7-15H2,1-2H3,(H,23,27)/t18-,19-/m1/s1. The number of aliphatic hydroxyl groups is 1. The summed E-state index contributed by atoms with van der Waals surface area (Å²) < 4.78 is 5.49. The highest BCUT2D eigenvalue weighted by atomic mass is 16.5. The van der Waals surface area contributed by atoms with Gasteiger partial charge in [0.05, 0.1) is 18.8 Å². The minimum Gasteiger partial charge on any atom is -0.496 e. The van der Waals surface area contributed by atoms with Gasteiger partial charge in [-0.05, 0) is 12.5 Å². The maximum Gasteiger partial charge on any atom is 0.224 e. The first kappa shape index (κ1) is 21.1. The summed E-state index contributed by atoms with van der Waals surface area (Å²) in [5, 5.41) is 13.0. The fraction of sp³-hybridized carbons (Fsp3) is 0.636. The number of benzene rings is 1. The molecule has 8 heteroatoms. The summed E-state index contributed by atoms with van der Waals surface area (Å²) >= 11 is 0. The van der Waals surface area contributed by atoms with Crippen molar-refractivity contribution in [3.63, 3.8) is 0 Å². The monoisotopic (exact) mass is 416 g/mol. The van der Waals surface area contributed by atoms with E-state index in [-0.39, 0.29) is 29.5 Å². The zero-order valence-corrected chi connectivity index (χ0v) is 17.8. The van der Waals surface area contributed by atoms with Crippen LogP contribution in [-0.4, -0.2) is 95.7 Å². The van der Waals surface area contributed by atoms with Crippen LogP contribution in [0.4, 0.5) is 0 Å². The molecule has 4 rings (SSSR count). The summed E-state index contributed by atoms with van der Waals surface area (Å²) in [6.07, 6.45) is 0.698. The van der Waals surface area contributed by atoms with Gasteiger partial charge in [0.1, 0.15) is 5.75 Å². The number of amides is 2. The summed E-state index contributed by atoms with van der Waals surface area (Å²) in [6, 6.07) is 8.27. The SMILES string of the molecule is COc1ccccc1CN1CC2(C1)CN(C(=O)CCNC(C)=O)C[C@H]1C[C@@H](O)CN12. The molecule has 3 heterocycles. The van der Waals surface area contributed by atoms with Crippen molar-refractivity contribution in [1.82, 2.24) is 20.0 Å². The normalized spacial score (nSPS) is 25.6. The van der Waals surface area contributed by atoms with Crippen LogP contribution in [-0.2, 0) is 16.1 Å². The number of hydrogen-bond donors (Lipinski definition) is 2. The van der Waals surface area contributed by atoms with Gasteiger partial charge in [0.25, 0.3) is 0 Å². The molecule has 2 amide bonds. The van der Waals surface area contributed by atoms with E-state index >= 15 is 0 Å². The van der Waals surface area contributed by atoms with Crippen LogP contribution in [0, 0.1) is 0 Å². The molecule has 0 aromatic heterocycles. The number of β-amino-alcohol motifs (C(OH)–C–C–N with tert-alkyl or cyclic N) is 1. The van der Waals surface area contributed by atoms with E-state index < -0.39 is 0 Å². The first-order chi connectivity index (χ1) is 14.4. The molecule has 0 unspecified atom stereocenters. The van der Waals surface area contributed by atoms with Crippen molar-refractivity contribution in [3.05, 3.63) is 29.8 Å². The molecule has 3 fully saturated rings. The van der Waals surface area contributed by atoms with Crippen LogP contribution in [0.25, 0.3) is 0 Å². The van der Waals surface area contributed by atoms with Crippen LogP contribution in [0.15, 0.2) is 24.3 Å².